The Morgan fingerprint density at radius 1 is 1.43 bits per heavy atom. The van der Waals surface area contributed by atoms with Gasteiger partial charge in [0.1, 0.15) is 0 Å². The first kappa shape index (κ1) is 11.5. The molecule has 0 aliphatic carbocycles. The average Bonchev–Trinajstić information content (AvgIpc) is 2.18. The molecule has 0 spiro atoms. The third-order valence-corrected chi connectivity index (χ3v) is 2.99. The molecule has 2 nitrogen and oxygen atoms in total. The summed E-state index contributed by atoms with van der Waals surface area (Å²) in [6.45, 7) is 6.78. The van der Waals surface area contributed by atoms with E-state index in [0.29, 0.717) is 0 Å². The molecule has 1 atom stereocenters. The number of nitriles is 1. The minimum absolute atomic E-state index is 0.205. The van der Waals surface area contributed by atoms with Gasteiger partial charge in [-0.1, -0.05) is 13.8 Å². The first-order valence-corrected chi connectivity index (χ1v) is 5.87. The summed E-state index contributed by atoms with van der Waals surface area (Å²) in [5.41, 5.74) is 0. The molecule has 80 valence electrons. The van der Waals surface area contributed by atoms with Crippen molar-refractivity contribution in [2.24, 2.45) is 5.92 Å². The Balaban J connectivity index is 2.24. The van der Waals surface area contributed by atoms with Crippen LogP contribution in [0.15, 0.2) is 0 Å². The third kappa shape index (κ3) is 3.67. The van der Waals surface area contributed by atoms with Crippen molar-refractivity contribution in [1.82, 2.24) is 4.90 Å². The topological polar surface area (TPSA) is 27.0 Å². The standard InChI is InChI=1S/C12H22N2/c1-11(2)6-5-9-14-8-4-3-7-12(14)10-13/h11-12H,3-9H2,1-2H3. The first-order valence-electron chi connectivity index (χ1n) is 5.87. The fraction of sp³-hybridized carbons (Fsp3) is 0.917. The normalized spacial score (nSPS) is 23.7. The van der Waals surface area contributed by atoms with Gasteiger partial charge in [0.15, 0.2) is 0 Å². The van der Waals surface area contributed by atoms with Gasteiger partial charge in [0.05, 0.1) is 12.1 Å². The van der Waals surface area contributed by atoms with E-state index in [1.807, 2.05) is 0 Å². The van der Waals surface area contributed by atoms with Crippen LogP contribution in [0.5, 0.6) is 0 Å². The summed E-state index contributed by atoms with van der Waals surface area (Å²) in [5, 5.41) is 8.98. The number of nitrogens with zero attached hydrogens (tertiary/aromatic N) is 2. The van der Waals surface area contributed by atoms with Gasteiger partial charge in [-0.15, -0.1) is 0 Å². The van der Waals surface area contributed by atoms with E-state index in [0.717, 1.165) is 25.4 Å². The van der Waals surface area contributed by atoms with E-state index in [2.05, 4.69) is 24.8 Å². The SMILES string of the molecule is CC(C)CCCN1CCCCC1C#N. The van der Waals surface area contributed by atoms with Gasteiger partial charge in [-0.25, -0.2) is 0 Å². The summed E-state index contributed by atoms with van der Waals surface area (Å²) in [6, 6.07) is 2.62. The second kappa shape index (κ2) is 6.03. The molecule has 0 aromatic rings. The molecular formula is C12H22N2. The number of piperidine rings is 1. The molecule has 1 saturated heterocycles. The molecule has 0 radical (unpaired) electrons. The third-order valence-electron chi connectivity index (χ3n) is 2.99. The zero-order chi connectivity index (χ0) is 10.4. The Morgan fingerprint density at radius 2 is 2.21 bits per heavy atom. The maximum Gasteiger partial charge on any atom is 0.0977 e. The van der Waals surface area contributed by atoms with Gasteiger partial charge in [0.25, 0.3) is 0 Å². The van der Waals surface area contributed by atoms with E-state index < -0.39 is 0 Å². The Morgan fingerprint density at radius 3 is 2.86 bits per heavy atom. The van der Waals surface area contributed by atoms with Crippen LogP contribution in [-0.4, -0.2) is 24.0 Å². The average molecular weight is 194 g/mol. The summed E-state index contributed by atoms with van der Waals surface area (Å²) in [4.78, 5) is 2.37. The minimum atomic E-state index is 0.205. The Hall–Kier alpha value is -0.550. The smallest absolute Gasteiger partial charge is 0.0977 e. The van der Waals surface area contributed by atoms with Crippen molar-refractivity contribution in [3.05, 3.63) is 0 Å². The number of likely N-dealkylation sites (tertiary alicyclic amines) is 1. The van der Waals surface area contributed by atoms with Crippen LogP contribution in [0, 0.1) is 17.2 Å². The highest BCUT2D eigenvalue weighted by Gasteiger charge is 2.20. The molecule has 0 aromatic heterocycles. The lowest BCUT2D eigenvalue weighted by Crippen LogP contribution is -2.39. The highest BCUT2D eigenvalue weighted by Crippen LogP contribution is 2.17. The molecule has 1 fully saturated rings. The highest BCUT2D eigenvalue weighted by atomic mass is 15.2. The molecule has 1 heterocycles. The Labute approximate surface area is 87.9 Å². The molecule has 1 unspecified atom stereocenters. The fourth-order valence-electron chi connectivity index (χ4n) is 2.11. The maximum atomic E-state index is 8.98. The van der Waals surface area contributed by atoms with Crippen molar-refractivity contribution in [3.8, 4) is 6.07 Å². The van der Waals surface area contributed by atoms with E-state index >= 15 is 0 Å². The van der Waals surface area contributed by atoms with Gasteiger partial charge < -0.3 is 0 Å². The van der Waals surface area contributed by atoms with Crippen LogP contribution in [0.3, 0.4) is 0 Å². The maximum absolute atomic E-state index is 8.98. The quantitative estimate of drug-likeness (QED) is 0.688. The second-order valence-corrected chi connectivity index (χ2v) is 4.71. The van der Waals surface area contributed by atoms with Gasteiger partial charge in [0.2, 0.25) is 0 Å². The minimum Gasteiger partial charge on any atom is -0.288 e. The molecule has 0 saturated carbocycles. The predicted molar refractivity (Wildman–Crippen MR) is 58.9 cm³/mol. The van der Waals surface area contributed by atoms with E-state index in [1.54, 1.807) is 0 Å². The summed E-state index contributed by atoms with van der Waals surface area (Å²) >= 11 is 0. The molecule has 1 aliphatic heterocycles. The molecule has 1 aliphatic rings. The van der Waals surface area contributed by atoms with Gasteiger partial charge in [-0.05, 0) is 51.1 Å². The summed E-state index contributed by atoms with van der Waals surface area (Å²) in [5.74, 6) is 0.792. The molecule has 0 amide bonds. The van der Waals surface area contributed by atoms with Crippen molar-refractivity contribution >= 4 is 0 Å². The number of rotatable bonds is 4. The van der Waals surface area contributed by atoms with Gasteiger partial charge >= 0.3 is 0 Å². The first-order chi connectivity index (χ1) is 6.74. The molecule has 0 aromatic carbocycles. The molecule has 0 N–H and O–H groups in total. The van der Waals surface area contributed by atoms with Crippen molar-refractivity contribution in [2.45, 2.75) is 52.0 Å². The van der Waals surface area contributed by atoms with Gasteiger partial charge in [-0.2, -0.15) is 5.26 Å². The van der Waals surface area contributed by atoms with Gasteiger partial charge in [0, 0.05) is 0 Å². The lowest BCUT2D eigenvalue weighted by molar-refractivity contribution is 0.179. The lowest BCUT2D eigenvalue weighted by atomic mass is 10.0. The van der Waals surface area contributed by atoms with Crippen molar-refractivity contribution in [1.29, 1.82) is 5.26 Å². The van der Waals surface area contributed by atoms with Crippen LogP contribution >= 0.6 is 0 Å². The number of hydrogen-bond acceptors (Lipinski definition) is 2. The van der Waals surface area contributed by atoms with Gasteiger partial charge in [-0.3, -0.25) is 4.90 Å². The van der Waals surface area contributed by atoms with E-state index in [4.69, 9.17) is 5.26 Å². The van der Waals surface area contributed by atoms with Crippen LogP contribution in [-0.2, 0) is 0 Å². The molecule has 0 bridgehead atoms. The summed E-state index contributed by atoms with van der Waals surface area (Å²) < 4.78 is 0. The zero-order valence-corrected chi connectivity index (χ0v) is 9.50. The largest absolute Gasteiger partial charge is 0.288 e. The molecule has 14 heavy (non-hydrogen) atoms. The Bertz CT molecular complexity index is 193. The molecule has 1 rings (SSSR count). The van der Waals surface area contributed by atoms with Crippen LogP contribution in [0.4, 0.5) is 0 Å². The molecular weight excluding hydrogens is 172 g/mol. The van der Waals surface area contributed by atoms with E-state index in [1.165, 1.54) is 25.7 Å². The van der Waals surface area contributed by atoms with Crippen molar-refractivity contribution in [2.75, 3.05) is 13.1 Å². The summed E-state index contributed by atoms with van der Waals surface area (Å²) in [6.07, 6.45) is 6.13. The number of hydrogen-bond donors (Lipinski definition) is 0. The van der Waals surface area contributed by atoms with Crippen molar-refractivity contribution < 1.29 is 0 Å². The molecule has 2 heteroatoms. The predicted octanol–water partition coefficient (Wildman–Crippen LogP) is 2.80. The highest BCUT2D eigenvalue weighted by molar-refractivity contribution is 4.93. The zero-order valence-electron chi connectivity index (χ0n) is 9.50. The van der Waals surface area contributed by atoms with Crippen LogP contribution in [0.1, 0.15) is 46.0 Å². The van der Waals surface area contributed by atoms with E-state index in [9.17, 15) is 0 Å². The Kier molecular flexibility index (Phi) is 4.97. The summed E-state index contributed by atoms with van der Waals surface area (Å²) in [7, 11) is 0. The second-order valence-electron chi connectivity index (χ2n) is 4.71. The fourth-order valence-corrected chi connectivity index (χ4v) is 2.11. The van der Waals surface area contributed by atoms with E-state index in [-0.39, 0.29) is 6.04 Å². The van der Waals surface area contributed by atoms with Crippen molar-refractivity contribution in [3.63, 3.8) is 0 Å². The van der Waals surface area contributed by atoms with Crippen LogP contribution < -0.4 is 0 Å². The van der Waals surface area contributed by atoms with Crippen LogP contribution in [0.2, 0.25) is 0 Å². The lowest BCUT2D eigenvalue weighted by Gasteiger charge is -2.31. The van der Waals surface area contributed by atoms with Crippen LogP contribution in [0.25, 0.3) is 0 Å². The monoisotopic (exact) mass is 194 g/mol.